The van der Waals surface area contributed by atoms with Crippen molar-refractivity contribution in [2.45, 2.75) is 19.4 Å². The van der Waals surface area contributed by atoms with Gasteiger partial charge in [0, 0.05) is 33.3 Å². The molecule has 1 saturated heterocycles. The largest absolute Gasteiger partial charge is 0.375 e. The van der Waals surface area contributed by atoms with Gasteiger partial charge in [0.1, 0.15) is 5.82 Å². The maximum absolute atomic E-state index is 13.0. The van der Waals surface area contributed by atoms with Crippen LogP contribution in [0.3, 0.4) is 0 Å². The van der Waals surface area contributed by atoms with Gasteiger partial charge in [0.2, 0.25) is 0 Å². The second-order valence-corrected chi connectivity index (χ2v) is 5.74. The molecule has 0 saturated carbocycles. The summed E-state index contributed by atoms with van der Waals surface area (Å²) in [5.74, 6) is -0.280. The molecule has 0 aliphatic carbocycles. The fourth-order valence-corrected chi connectivity index (χ4v) is 2.80. The number of benzene rings is 1. The van der Waals surface area contributed by atoms with Crippen LogP contribution >= 0.6 is 0 Å². The Kier molecular flexibility index (Phi) is 6.80. The Labute approximate surface area is 137 Å². The molecule has 1 aromatic carbocycles. The third-order valence-corrected chi connectivity index (χ3v) is 4.29. The molecule has 6 heteroatoms. The van der Waals surface area contributed by atoms with Crippen molar-refractivity contribution < 1.29 is 13.9 Å². The molecule has 23 heavy (non-hydrogen) atoms. The number of hydrogen-bond donors (Lipinski definition) is 1. The summed E-state index contributed by atoms with van der Waals surface area (Å²) in [4.78, 5) is 16.5. The third kappa shape index (κ3) is 5.18. The van der Waals surface area contributed by atoms with Gasteiger partial charge in [-0.25, -0.2) is 9.18 Å². The van der Waals surface area contributed by atoms with E-state index in [0.29, 0.717) is 6.54 Å². The number of carbonyl (C=O) groups is 1. The summed E-state index contributed by atoms with van der Waals surface area (Å²) >= 11 is 0. The molecule has 1 atom stereocenters. The van der Waals surface area contributed by atoms with Gasteiger partial charge in [-0.1, -0.05) is 19.1 Å². The van der Waals surface area contributed by atoms with E-state index in [1.165, 1.54) is 12.1 Å². The molecule has 0 radical (unpaired) electrons. The summed E-state index contributed by atoms with van der Waals surface area (Å²) in [5.41, 5.74) is 0.849. The highest BCUT2D eigenvalue weighted by atomic mass is 19.1. The topological polar surface area (TPSA) is 44.8 Å². The van der Waals surface area contributed by atoms with E-state index >= 15 is 0 Å². The molecule has 2 rings (SSSR count). The van der Waals surface area contributed by atoms with E-state index in [4.69, 9.17) is 4.74 Å². The maximum atomic E-state index is 13.0. The second kappa shape index (κ2) is 8.84. The highest BCUT2D eigenvalue weighted by Crippen LogP contribution is 2.16. The number of amides is 2. The molecule has 0 aromatic heterocycles. The van der Waals surface area contributed by atoms with Crippen LogP contribution in [0, 0.1) is 5.82 Å². The van der Waals surface area contributed by atoms with Crippen LogP contribution in [0.15, 0.2) is 24.3 Å². The van der Waals surface area contributed by atoms with Gasteiger partial charge in [0.05, 0.1) is 6.10 Å². The van der Waals surface area contributed by atoms with Gasteiger partial charge < -0.3 is 19.9 Å². The predicted octanol–water partition coefficient (Wildman–Crippen LogP) is 2.25. The summed E-state index contributed by atoms with van der Waals surface area (Å²) < 4.78 is 18.4. The normalized spacial score (nSPS) is 17.6. The van der Waals surface area contributed by atoms with E-state index in [9.17, 15) is 9.18 Å². The number of hydrogen-bond acceptors (Lipinski definition) is 3. The number of halogens is 1. The lowest BCUT2D eigenvalue weighted by atomic mass is 10.1. The molecule has 0 unspecified atom stereocenters. The van der Waals surface area contributed by atoms with E-state index in [-0.39, 0.29) is 18.0 Å². The number of carbonyl (C=O) groups excluding carboxylic acids is 1. The molecule has 1 fully saturated rings. The van der Waals surface area contributed by atoms with Gasteiger partial charge >= 0.3 is 6.03 Å². The monoisotopic (exact) mass is 323 g/mol. The van der Waals surface area contributed by atoms with Gasteiger partial charge in [0.25, 0.3) is 0 Å². The molecule has 0 bridgehead atoms. The van der Waals surface area contributed by atoms with Crippen LogP contribution in [0.4, 0.5) is 9.18 Å². The summed E-state index contributed by atoms with van der Waals surface area (Å²) in [6.45, 7) is 7.00. The Morgan fingerprint density at radius 1 is 1.26 bits per heavy atom. The maximum Gasteiger partial charge on any atom is 0.317 e. The first-order chi connectivity index (χ1) is 11.1. The van der Waals surface area contributed by atoms with Crippen molar-refractivity contribution in [1.82, 2.24) is 15.1 Å². The van der Waals surface area contributed by atoms with Crippen LogP contribution in [0.1, 0.15) is 25.0 Å². The fraction of sp³-hybridized carbons (Fsp3) is 0.588. The average molecular weight is 323 g/mol. The summed E-state index contributed by atoms with van der Waals surface area (Å²) in [6.07, 6.45) is 0.714. The minimum Gasteiger partial charge on any atom is -0.375 e. The molecule has 1 aromatic rings. The summed E-state index contributed by atoms with van der Waals surface area (Å²) in [7, 11) is 1.59. The number of ether oxygens (including phenoxy) is 1. The molecule has 0 spiro atoms. The molecule has 1 N–H and O–H groups in total. The fourth-order valence-electron chi connectivity index (χ4n) is 2.80. The lowest BCUT2D eigenvalue weighted by Crippen LogP contribution is -2.43. The van der Waals surface area contributed by atoms with Crippen molar-refractivity contribution in [1.29, 1.82) is 0 Å². The Morgan fingerprint density at radius 3 is 2.65 bits per heavy atom. The standard InChI is InChI=1S/C17H26FN3O2/c1-3-20-9-4-10-21(12-11-20)17(22)19-13-16(23-2)14-5-7-15(18)8-6-14/h5-8,16H,3-4,9-13H2,1-2H3,(H,19,22)/t16-/m0/s1. The lowest BCUT2D eigenvalue weighted by Gasteiger charge is -2.23. The summed E-state index contributed by atoms with van der Waals surface area (Å²) in [6, 6.07) is 6.10. The molecule has 128 valence electrons. The molecule has 5 nitrogen and oxygen atoms in total. The van der Waals surface area contributed by atoms with Crippen LogP contribution in [-0.4, -0.2) is 62.2 Å². The zero-order valence-electron chi connectivity index (χ0n) is 13.9. The predicted molar refractivity (Wildman–Crippen MR) is 87.9 cm³/mol. The van der Waals surface area contributed by atoms with E-state index in [1.54, 1.807) is 19.2 Å². The first kappa shape index (κ1) is 17.7. The quantitative estimate of drug-likeness (QED) is 0.904. The van der Waals surface area contributed by atoms with E-state index < -0.39 is 0 Å². The molecule has 1 aliphatic heterocycles. The van der Waals surface area contributed by atoms with Crippen molar-refractivity contribution in [3.8, 4) is 0 Å². The smallest absolute Gasteiger partial charge is 0.317 e. The second-order valence-electron chi connectivity index (χ2n) is 5.74. The van der Waals surface area contributed by atoms with Crippen molar-refractivity contribution >= 4 is 6.03 Å². The lowest BCUT2D eigenvalue weighted by molar-refractivity contribution is 0.101. The minimum absolute atomic E-state index is 0.0629. The van der Waals surface area contributed by atoms with Crippen LogP contribution in [0.25, 0.3) is 0 Å². The molecular formula is C17H26FN3O2. The Hall–Kier alpha value is -1.66. The van der Waals surface area contributed by atoms with Crippen molar-refractivity contribution in [3.63, 3.8) is 0 Å². The Balaban J connectivity index is 1.85. The Bertz CT molecular complexity index is 495. The number of nitrogens with zero attached hydrogens (tertiary/aromatic N) is 2. The number of likely N-dealkylation sites (N-methyl/N-ethyl adjacent to an activating group) is 1. The highest BCUT2D eigenvalue weighted by Gasteiger charge is 2.19. The zero-order chi connectivity index (χ0) is 16.7. The SMILES string of the molecule is CCN1CCCN(C(=O)NC[C@H](OC)c2ccc(F)cc2)CC1. The van der Waals surface area contributed by atoms with Crippen LogP contribution in [0.5, 0.6) is 0 Å². The molecular weight excluding hydrogens is 297 g/mol. The number of methoxy groups -OCH3 is 1. The molecule has 1 heterocycles. The van der Waals surface area contributed by atoms with Gasteiger partial charge in [0.15, 0.2) is 0 Å². The van der Waals surface area contributed by atoms with E-state index in [1.807, 2.05) is 4.90 Å². The van der Waals surface area contributed by atoms with E-state index in [0.717, 1.165) is 44.7 Å². The first-order valence-corrected chi connectivity index (χ1v) is 8.17. The van der Waals surface area contributed by atoms with Crippen molar-refractivity contribution in [3.05, 3.63) is 35.6 Å². The van der Waals surface area contributed by atoms with Crippen LogP contribution < -0.4 is 5.32 Å². The van der Waals surface area contributed by atoms with Crippen LogP contribution in [0.2, 0.25) is 0 Å². The third-order valence-electron chi connectivity index (χ3n) is 4.29. The molecule has 2 amide bonds. The first-order valence-electron chi connectivity index (χ1n) is 8.17. The number of nitrogens with one attached hydrogen (secondary N) is 1. The van der Waals surface area contributed by atoms with E-state index in [2.05, 4.69) is 17.1 Å². The van der Waals surface area contributed by atoms with Gasteiger partial charge in [-0.05, 0) is 37.2 Å². The average Bonchev–Trinajstić information content (AvgIpc) is 2.82. The van der Waals surface area contributed by atoms with Gasteiger partial charge in [-0.2, -0.15) is 0 Å². The Morgan fingerprint density at radius 2 is 2.00 bits per heavy atom. The minimum atomic E-state index is -0.280. The van der Waals surface area contributed by atoms with Gasteiger partial charge in [-0.15, -0.1) is 0 Å². The number of urea groups is 1. The van der Waals surface area contributed by atoms with Crippen LogP contribution in [-0.2, 0) is 4.74 Å². The summed E-state index contributed by atoms with van der Waals surface area (Å²) in [5, 5.41) is 2.93. The number of rotatable bonds is 5. The van der Waals surface area contributed by atoms with Gasteiger partial charge in [-0.3, -0.25) is 0 Å². The highest BCUT2D eigenvalue weighted by molar-refractivity contribution is 5.74. The van der Waals surface area contributed by atoms with Crippen molar-refractivity contribution in [2.75, 3.05) is 46.4 Å². The zero-order valence-corrected chi connectivity index (χ0v) is 13.9. The van der Waals surface area contributed by atoms with Crippen molar-refractivity contribution in [2.24, 2.45) is 0 Å². The molecule has 1 aliphatic rings.